The van der Waals surface area contributed by atoms with Gasteiger partial charge in [-0.1, -0.05) is 0 Å². The first-order chi connectivity index (χ1) is 9.62. The van der Waals surface area contributed by atoms with Crippen molar-refractivity contribution in [2.45, 2.75) is 18.9 Å². The molecule has 0 aromatic heterocycles. The maximum Gasteiger partial charge on any atom is 0.258 e. The lowest BCUT2D eigenvalue weighted by molar-refractivity contribution is 0.0674. The third kappa shape index (κ3) is 2.76. The van der Waals surface area contributed by atoms with Gasteiger partial charge in [0.2, 0.25) is 0 Å². The van der Waals surface area contributed by atoms with Gasteiger partial charge < -0.3 is 19.5 Å². The Labute approximate surface area is 126 Å². The number of aliphatic hydroxyl groups is 1. The summed E-state index contributed by atoms with van der Waals surface area (Å²) in [6.07, 6.45) is 1.74. The van der Waals surface area contributed by atoms with E-state index in [0.29, 0.717) is 28.1 Å². The molecule has 1 aliphatic heterocycles. The molecule has 1 aliphatic rings. The highest BCUT2D eigenvalue weighted by Gasteiger charge is 2.31. The van der Waals surface area contributed by atoms with Gasteiger partial charge in [-0.15, -0.1) is 0 Å². The van der Waals surface area contributed by atoms with Gasteiger partial charge in [-0.25, -0.2) is 0 Å². The van der Waals surface area contributed by atoms with Crippen LogP contribution in [-0.2, 0) is 0 Å². The maximum atomic E-state index is 12.7. The molecule has 0 unspecified atom stereocenters. The molecule has 1 atom stereocenters. The van der Waals surface area contributed by atoms with Crippen LogP contribution in [-0.4, -0.2) is 49.3 Å². The number of carbonyl (C=O) groups is 1. The standard InChI is InChI=1S/C14H18BrNO4/c1-19-10-6-11(13(20-2)12(15)7-10)14(18)16-5-3-4-9(16)8-17/h6-7,9,17H,3-5,8H2,1-2H3/t9-/m0/s1. The van der Waals surface area contributed by atoms with Crippen molar-refractivity contribution >= 4 is 21.8 Å². The second kappa shape index (κ2) is 6.45. The van der Waals surface area contributed by atoms with E-state index in [1.165, 1.54) is 7.11 Å². The molecule has 0 spiro atoms. The second-order valence-electron chi connectivity index (χ2n) is 4.67. The number of methoxy groups -OCH3 is 2. The zero-order valence-electron chi connectivity index (χ0n) is 11.6. The number of halogens is 1. The number of carbonyl (C=O) groups excluding carboxylic acids is 1. The highest BCUT2D eigenvalue weighted by atomic mass is 79.9. The molecular weight excluding hydrogens is 326 g/mol. The van der Waals surface area contributed by atoms with Crippen LogP contribution >= 0.6 is 15.9 Å². The first kappa shape index (κ1) is 15.1. The Morgan fingerprint density at radius 1 is 1.45 bits per heavy atom. The zero-order valence-corrected chi connectivity index (χ0v) is 13.1. The van der Waals surface area contributed by atoms with Gasteiger partial charge in [-0.2, -0.15) is 0 Å². The van der Waals surface area contributed by atoms with E-state index in [1.807, 2.05) is 0 Å². The number of aliphatic hydroxyl groups excluding tert-OH is 1. The fourth-order valence-electron chi connectivity index (χ4n) is 2.50. The molecule has 0 bridgehead atoms. The highest BCUT2D eigenvalue weighted by molar-refractivity contribution is 9.10. The van der Waals surface area contributed by atoms with Crippen molar-refractivity contribution in [3.05, 3.63) is 22.2 Å². The summed E-state index contributed by atoms with van der Waals surface area (Å²) in [5, 5.41) is 9.35. The first-order valence-corrected chi connectivity index (χ1v) is 7.25. The van der Waals surface area contributed by atoms with E-state index in [9.17, 15) is 9.90 Å². The third-order valence-corrected chi connectivity index (χ3v) is 4.13. The number of benzene rings is 1. The Morgan fingerprint density at radius 3 is 2.80 bits per heavy atom. The summed E-state index contributed by atoms with van der Waals surface area (Å²) in [5.74, 6) is 0.929. The Morgan fingerprint density at radius 2 is 2.20 bits per heavy atom. The normalized spacial score (nSPS) is 18.2. The topological polar surface area (TPSA) is 59.0 Å². The van der Waals surface area contributed by atoms with Crippen LogP contribution in [0.1, 0.15) is 23.2 Å². The van der Waals surface area contributed by atoms with Crippen molar-refractivity contribution in [2.75, 3.05) is 27.4 Å². The van der Waals surface area contributed by atoms with E-state index < -0.39 is 0 Å². The molecular formula is C14H18BrNO4. The predicted molar refractivity (Wildman–Crippen MR) is 78.4 cm³/mol. The molecule has 6 heteroatoms. The van der Waals surface area contributed by atoms with Crippen molar-refractivity contribution in [1.82, 2.24) is 4.90 Å². The molecule has 20 heavy (non-hydrogen) atoms. The van der Waals surface area contributed by atoms with Crippen LogP contribution in [0.4, 0.5) is 0 Å². The van der Waals surface area contributed by atoms with Gasteiger partial charge in [0, 0.05) is 6.54 Å². The highest BCUT2D eigenvalue weighted by Crippen LogP contribution is 2.35. The summed E-state index contributed by atoms with van der Waals surface area (Å²) in [6, 6.07) is 3.30. The summed E-state index contributed by atoms with van der Waals surface area (Å²) in [6.45, 7) is 0.640. The van der Waals surface area contributed by atoms with Crippen molar-refractivity contribution in [3.8, 4) is 11.5 Å². The fraction of sp³-hybridized carbons (Fsp3) is 0.500. The number of hydrogen-bond acceptors (Lipinski definition) is 4. The number of likely N-dealkylation sites (tertiary alicyclic amines) is 1. The number of ether oxygens (including phenoxy) is 2. The molecule has 0 aliphatic carbocycles. The van der Waals surface area contributed by atoms with Crippen LogP contribution in [0.25, 0.3) is 0 Å². The van der Waals surface area contributed by atoms with Crippen molar-refractivity contribution in [3.63, 3.8) is 0 Å². The van der Waals surface area contributed by atoms with Crippen molar-refractivity contribution in [2.24, 2.45) is 0 Å². The van der Waals surface area contributed by atoms with Crippen LogP contribution < -0.4 is 9.47 Å². The number of amides is 1. The molecule has 1 aromatic carbocycles. The van der Waals surface area contributed by atoms with Gasteiger partial charge in [0.25, 0.3) is 5.91 Å². The van der Waals surface area contributed by atoms with Crippen LogP contribution in [0.5, 0.6) is 11.5 Å². The largest absolute Gasteiger partial charge is 0.497 e. The molecule has 2 rings (SSSR count). The third-order valence-electron chi connectivity index (χ3n) is 3.54. The second-order valence-corrected chi connectivity index (χ2v) is 5.52. The van der Waals surface area contributed by atoms with Gasteiger partial charge in [-0.05, 0) is 40.9 Å². The van der Waals surface area contributed by atoms with Crippen LogP contribution in [0.15, 0.2) is 16.6 Å². The first-order valence-electron chi connectivity index (χ1n) is 6.45. The zero-order chi connectivity index (χ0) is 14.7. The molecule has 0 radical (unpaired) electrons. The number of rotatable bonds is 4. The van der Waals surface area contributed by atoms with Crippen LogP contribution in [0, 0.1) is 0 Å². The van der Waals surface area contributed by atoms with E-state index in [0.717, 1.165) is 12.8 Å². The molecule has 1 saturated heterocycles. The average Bonchev–Trinajstić information content (AvgIpc) is 2.93. The van der Waals surface area contributed by atoms with Gasteiger partial charge in [0.05, 0.1) is 36.9 Å². The Bertz CT molecular complexity index is 506. The summed E-state index contributed by atoms with van der Waals surface area (Å²) in [7, 11) is 3.08. The van der Waals surface area contributed by atoms with E-state index in [2.05, 4.69) is 15.9 Å². The molecule has 1 heterocycles. The van der Waals surface area contributed by atoms with Gasteiger partial charge >= 0.3 is 0 Å². The lowest BCUT2D eigenvalue weighted by Gasteiger charge is -2.24. The minimum atomic E-state index is -0.141. The van der Waals surface area contributed by atoms with Crippen molar-refractivity contribution < 1.29 is 19.4 Å². The Balaban J connectivity index is 2.40. The smallest absolute Gasteiger partial charge is 0.258 e. The lowest BCUT2D eigenvalue weighted by atomic mass is 10.1. The SMILES string of the molecule is COc1cc(Br)c(OC)c(C(=O)N2CCC[C@H]2CO)c1. The summed E-state index contributed by atoms with van der Waals surface area (Å²) >= 11 is 3.38. The maximum absolute atomic E-state index is 12.7. The van der Waals surface area contributed by atoms with E-state index in [1.54, 1.807) is 24.1 Å². The molecule has 5 nitrogen and oxygen atoms in total. The summed E-state index contributed by atoms with van der Waals surface area (Å²) in [5.41, 5.74) is 0.444. The summed E-state index contributed by atoms with van der Waals surface area (Å²) in [4.78, 5) is 14.4. The summed E-state index contributed by atoms with van der Waals surface area (Å²) < 4.78 is 11.2. The van der Waals surface area contributed by atoms with E-state index in [4.69, 9.17) is 9.47 Å². The monoisotopic (exact) mass is 343 g/mol. The molecule has 1 N–H and O–H groups in total. The molecule has 110 valence electrons. The fourth-order valence-corrected chi connectivity index (χ4v) is 3.10. The number of nitrogens with zero attached hydrogens (tertiary/aromatic N) is 1. The Hall–Kier alpha value is -1.27. The van der Waals surface area contributed by atoms with E-state index >= 15 is 0 Å². The van der Waals surface area contributed by atoms with Crippen molar-refractivity contribution in [1.29, 1.82) is 0 Å². The Kier molecular flexibility index (Phi) is 4.88. The van der Waals surface area contributed by atoms with Gasteiger partial charge in [-0.3, -0.25) is 4.79 Å². The number of hydrogen-bond donors (Lipinski definition) is 1. The minimum Gasteiger partial charge on any atom is -0.497 e. The molecule has 0 saturated carbocycles. The average molecular weight is 344 g/mol. The molecule has 1 fully saturated rings. The lowest BCUT2D eigenvalue weighted by Crippen LogP contribution is -2.37. The van der Waals surface area contributed by atoms with Gasteiger partial charge in [0.15, 0.2) is 0 Å². The minimum absolute atomic E-state index is 0.0147. The van der Waals surface area contributed by atoms with Crippen LogP contribution in [0.3, 0.4) is 0 Å². The molecule has 1 aromatic rings. The quantitative estimate of drug-likeness (QED) is 0.909. The van der Waals surface area contributed by atoms with E-state index in [-0.39, 0.29) is 18.6 Å². The predicted octanol–water partition coefficient (Wildman–Crippen LogP) is 2.06. The van der Waals surface area contributed by atoms with Gasteiger partial charge in [0.1, 0.15) is 11.5 Å². The van der Waals surface area contributed by atoms with Crippen LogP contribution in [0.2, 0.25) is 0 Å². The molecule has 1 amide bonds.